The summed E-state index contributed by atoms with van der Waals surface area (Å²) in [6, 6.07) is 1.89. The van der Waals surface area contributed by atoms with E-state index in [1.807, 2.05) is 6.07 Å². The Bertz CT molecular complexity index is 499. The van der Waals surface area contributed by atoms with Crippen molar-refractivity contribution in [3.8, 4) is 0 Å². The smallest absolute Gasteiger partial charge is 0.185 e. The highest BCUT2D eigenvalue weighted by Crippen LogP contribution is 2.46. The van der Waals surface area contributed by atoms with Crippen LogP contribution in [0, 0.1) is 17.8 Å². The van der Waals surface area contributed by atoms with E-state index >= 15 is 0 Å². The summed E-state index contributed by atoms with van der Waals surface area (Å²) < 4.78 is 5.30. The molecule has 0 radical (unpaired) electrons. The van der Waals surface area contributed by atoms with E-state index in [9.17, 15) is 4.79 Å². The van der Waals surface area contributed by atoms with Gasteiger partial charge in [0.2, 0.25) is 0 Å². The Labute approximate surface area is 120 Å². The van der Waals surface area contributed by atoms with Crippen molar-refractivity contribution in [2.45, 2.75) is 63.7 Å². The second-order valence-electron chi connectivity index (χ2n) is 7.15. The number of rotatable bonds is 5. The van der Waals surface area contributed by atoms with E-state index in [1.165, 1.54) is 51.4 Å². The van der Waals surface area contributed by atoms with Gasteiger partial charge in [-0.25, -0.2) is 0 Å². The van der Waals surface area contributed by atoms with Crippen molar-refractivity contribution in [1.29, 1.82) is 0 Å². The van der Waals surface area contributed by atoms with Crippen molar-refractivity contribution in [1.82, 2.24) is 5.16 Å². The molecule has 2 atom stereocenters. The summed E-state index contributed by atoms with van der Waals surface area (Å²) in [5, 5.41) is 3.98. The number of ketones is 1. The third kappa shape index (κ3) is 2.68. The lowest BCUT2D eigenvalue weighted by molar-refractivity contribution is 0.0927. The molecule has 0 bridgehead atoms. The minimum absolute atomic E-state index is 0.196. The summed E-state index contributed by atoms with van der Waals surface area (Å²) in [4.78, 5) is 12.3. The predicted octanol–water partition coefficient (Wildman–Crippen LogP) is 4.34. The van der Waals surface area contributed by atoms with Gasteiger partial charge in [-0.15, -0.1) is 0 Å². The van der Waals surface area contributed by atoms with Gasteiger partial charge < -0.3 is 4.52 Å². The van der Waals surface area contributed by atoms with Gasteiger partial charge >= 0.3 is 0 Å². The fraction of sp³-hybridized carbons (Fsp3) is 0.765. The number of nitrogens with zero attached hydrogens (tertiary/aromatic N) is 1. The van der Waals surface area contributed by atoms with E-state index in [0.29, 0.717) is 24.0 Å². The first-order chi connectivity index (χ1) is 9.79. The topological polar surface area (TPSA) is 43.1 Å². The van der Waals surface area contributed by atoms with Crippen LogP contribution in [0.15, 0.2) is 10.6 Å². The summed E-state index contributed by atoms with van der Waals surface area (Å²) in [7, 11) is 0. The predicted molar refractivity (Wildman–Crippen MR) is 75.6 cm³/mol. The van der Waals surface area contributed by atoms with Crippen LogP contribution in [-0.2, 0) is 0 Å². The van der Waals surface area contributed by atoms with Gasteiger partial charge in [-0.3, -0.25) is 4.79 Å². The van der Waals surface area contributed by atoms with Crippen LogP contribution in [-0.4, -0.2) is 10.9 Å². The molecule has 1 aromatic rings. The third-order valence-electron chi connectivity index (χ3n) is 5.38. The summed E-state index contributed by atoms with van der Waals surface area (Å²) in [5.41, 5.74) is 0.570. The average Bonchev–Trinajstić information content (AvgIpc) is 3.37. The van der Waals surface area contributed by atoms with Crippen LogP contribution >= 0.6 is 0 Å². The summed E-state index contributed by atoms with van der Waals surface area (Å²) in [6.07, 6.45) is 11.1. The van der Waals surface area contributed by atoms with Crippen LogP contribution < -0.4 is 0 Å². The largest absolute Gasteiger partial charge is 0.360 e. The van der Waals surface area contributed by atoms with Crippen LogP contribution in [0.5, 0.6) is 0 Å². The van der Waals surface area contributed by atoms with E-state index < -0.39 is 0 Å². The lowest BCUT2D eigenvalue weighted by Gasteiger charge is -2.28. The van der Waals surface area contributed by atoms with Crippen molar-refractivity contribution in [2.75, 3.05) is 0 Å². The van der Waals surface area contributed by atoms with E-state index in [2.05, 4.69) is 5.16 Å². The molecule has 3 heteroatoms. The molecule has 1 heterocycles. The van der Waals surface area contributed by atoms with Gasteiger partial charge in [0.05, 0.1) is 0 Å². The fourth-order valence-corrected chi connectivity index (χ4v) is 3.86. The zero-order valence-electron chi connectivity index (χ0n) is 12.0. The van der Waals surface area contributed by atoms with Crippen LogP contribution in [0.3, 0.4) is 0 Å². The minimum atomic E-state index is 0.196. The van der Waals surface area contributed by atoms with Crippen LogP contribution in [0.1, 0.15) is 80.0 Å². The molecule has 20 heavy (non-hydrogen) atoms. The number of carbonyl (C=O) groups is 1. The highest BCUT2D eigenvalue weighted by atomic mass is 16.5. The molecule has 0 aliphatic heterocycles. The standard InChI is InChI=1S/C17H23NO2/c19-16(15-10-17(20-18-15)13-6-7-13)9-11-2-1-3-14(8-11)12-4-5-12/h10-14H,1-9H2/t11-,14-/m0/s1. The van der Waals surface area contributed by atoms with Gasteiger partial charge in [0.1, 0.15) is 11.5 Å². The maximum Gasteiger partial charge on any atom is 0.185 e. The van der Waals surface area contributed by atoms with Crippen molar-refractivity contribution in [2.24, 2.45) is 17.8 Å². The highest BCUT2D eigenvalue weighted by Gasteiger charge is 2.35. The Morgan fingerprint density at radius 3 is 2.75 bits per heavy atom. The molecule has 3 saturated carbocycles. The molecule has 3 nitrogen and oxygen atoms in total. The lowest BCUT2D eigenvalue weighted by atomic mass is 9.77. The summed E-state index contributed by atoms with van der Waals surface area (Å²) in [5.74, 6) is 4.14. The van der Waals surface area contributed by atoms with Crippen molar-refractivity contribution in [3.05, 3.63) is 17.5 Å². The second kappa shape index (κ2) is 5.01. The lowest BCUT2D eigenvalue weighted by Crippen LogP contribution is -2.19. The Morgan fingerprint density at radius 2 is 2.00 bits per heavy atom. The molecule has 3 aliphatic carbocycles. The van der Waals surface area contributed by atoms with Gasteiger partial charge in [0.15, 0.2) is 5.78 Å². The first-order valence-corrected chi connectivity index (χ1v) is 8.29. The second-order valence-corrected chi connectivity index (χ2v) is 7.15. The van der Waals surface area contributed by atoms with Crippen LogP contribution in [0.4, 0.5) is 0 Å². The number of hydrogen-bond acceptors (Lipinski definition) is 3. The Morgan fingerprint density at radius 1 is 1.15 bits per heavy atom. The van der Waals surface area contributed by atoms with Gasteiger partial charge in [0.25, 0.3) is 0 Å². The van der Waals surface area contributed by atoms with Gasteiger partial charge in [-0.1, -0.05) is 18.0 Å². The fourth-order valence-electron chi connectivity index (χ4n) is 3.86. The average molecular weight is 273 g/mol. The highest BCUT2D eigenvalue weighted by molar-refractivity contribution is 5.94. The van der Waals surface area contributed by atoms with E-state index in [1.54, 1.807) is 0 Å². The molecule has 0 aromatic carbocycles. The van der Waals surface area contributed by atoms with Crippen LogP contribution in [0.2, 0.25) is 0 Å². The number of aromatic nitrogens is 1. The molecular formula is C17H23NO2. The molecule has 0 unspecified atom stereocenters. The van der Waals surface area contributed by atoms with E-state index in [0.717, 1.165) is 17.6 Å². The quantitative estimate of drug-likeness (QED) is 0.749. The SMILES string of the molecule is O=C(C[C@H]1CCC[C@H](C2CC2)C1)c1cc(C2CC2)on1. The van der Waals surface area contributed by atoms with E-state index in [4.69, 9.17) is 4.52 Å². The number of Topliss-reactive ketones (excluding diaryl/α,β-unsaturated/α-hetero) is 1. The third-order valence-corrected chi connectivity index (χ3v) is 5.38. The van der Waals surface area contributed by atoms with Gasteiger partial charge in [-0.2, -0.15) is 0 Å². The van der Waals surface area contributed by atoms with Crippen molar-refractivity contribution >= 4 is 5.78 Å². The van der Waals surface area contributed by atoms with E-state index in [-0.39, 0.29) is 5.78 Å². The Balaban J connectivity index is 1.35. The molecule has 0 amide bonds. The minimum Gasteiger partial charge on any atom is -0.360 e. The Kier molecular flexibility index (Phi) is 3.16. The molecule has 3 aliphatic rings. The monoisotopic (exact) mass is 273 g/mol. The van der Waals surface area contributed by atoms with Gasteiger partial charge in [-0.05, 0) is 56.3 Å². The summed E-state index contributed by atoms with van der Waals surface area (Å²) in [6.45, 7) is 0. The maximum atomic E-state index is 12.3. The normalized spacial score (nSPS) is 30.4. The molecule has 0 N–H and O–H groups in total. The maximum absolute atomic E-state index is 12.3. The molecular weight excluding hydrogens is 250 g/mol. The van der Waals surface area contributed by atoms with Crippen molar-refractivity contribution < 1.29 is 9.32 Å². The van der Waals surface area contributed by atoms with Gasteiger partial charge in [0, 0.05) is 18.4 Å². The van der Waals surface area contributed by atoms with Crippen LogP contribution in [0.25, 0.3) is 0 Å². The Hall–Kier alpha value is -1.12. The first-order valence-electron chi connectivity index (χ1n) is 8.29. The first kappa shape index (κ1) is 12.6. The molecule has 108 valence electrons. The van der Waals surface area contributed by atoms with Crippen molar-refractivity contribution in [3.63, 3.8) is 0 Å². The molecule has 3 fully saturated rings. The number of carbonyl (C=O) groups excluding carboxylic acids is 1. The molecule has 1 aromatic heterocycles. The zero-order valence-corrected chi connectivity index (χ0v) is 12.0. The number of hydrogen-bond donors (Lipinski definition) is 0. The zero-order chi connectivity index (χ0) is 13.5. The molecule has 0 saturated heterocycles. The molecule has 0 spiro atoms. The summed E-state index contributed by atoms with van der Waals surface area (Å²) >= 11 is 0. The molecule has 4 rings (SSSR count).